The molecule has 0 spiro atoms. The second kappa shape index (κ2) is 11.0. The lowest BCUT2D eigenvalue weighted by Gasteiger charge is -2.35. The van der Waals surface area contributed by atoms with E-state index in [-0.39, 0.29) is 24.2 Å². The van der Waals surface area contributed by atoms with Crippen LogP contribution in [0.5, 0.6) is 0 Å². The normalized spacial score (nSPS) is 15.1. The van der Waals surface area contributed by atoms with Gasteiger partial charge in [0.25, 0.3) is 0 Å². The van der Waals surface area contributed by atoms with E-state index >= 15 is 0 Å². The van der Waals surface area contributed by atoms with Crippen LogP contribution in [0.2, 0.25) is 0 Å². The minimum Gasteiger partial charge on any atom is -0.379 e. The lowest BCUT2D eigenvalue weighted by molar-refractivity contribution is -0.120. The number of nitrogens with zero attached hydrogens (tertiary/aromatic N) is 2. The summed E-state index contributed by atoms with van der Waals surface area (Å²) in [6, 6.07) is 24.7. The van der Waals surface area contributed by atoms with E-state index in [1.54, 1.807) is 12.1 Å². The Morgan fingerprint density at radius 3 is 2.44 bits per heavy atom. The molecule has 1 amide bonds. The molecule has 1 unspecified atom stereocenters. The van der Waals surface area contributed by atoms with Gasteiger partial charge in [-0.2, -0.15) is 0 Å². The second-order valence-corrected chi connectivity index (χ2v) is 9.13. The zero-order chi connectivity index (χ0) is 24.9. The number of para-hydroxylation sites is 1. The van der Waals surface area contributed by atoms with Gasteiger partial charge in [0, 0.05) is 30.7 Å². The summed E-state index contributed by atoms with van der Waals surface area (Å²) in [7, 11) is 0. The summed E-state index contributed by atoms with van der Waals surface area (Å²) >= 11 is 0. The Hall–Kier alpha value is -3.61. The van der Waals surface area contributed by atoms with Crippen LogP contribution in [0.15, 0.2) is 78.9 Å². The molecule has 4 aromatic rings. The molecule has 1 aliphatic rings. The number of morpholine rings is 1. The number of ether oxygens (including phenoxy) is 1. The fourth-order valence-corrected chi connectivity index (χ4v) is 4.99. The van der Waals surface area contributed by atoms with E-state index in [2.05, 4.69) is 28.4 Å². The molecule has 1 fully saturated rings. The molecule has 1 aliphatic heterocycles. The van der Waals surface area contributed by atoms with Crippen molar-refractivity contribution in [2.45, 2.75) is 19.4 Å². The van der Waals surface area contributed by atoms with E-state index in [4.69, 9.17) is 9.72 Å². The van der Waals surface area contributed by atoms with Crippen molar-refractivity contribution in [1.29, 1.82) is 0 Å². The summed E-state index contributed by atoms with van der Waals surface area (Å²) in [4.78, 5) is 20.4. The van der Waals surface area contributed by atoms with Gasteiger partial charge in [0.05, 0.1) is 31.2 Å². The first-order valence-corrected chi connectivity index (χ1v) is 12.4. The van der Waals surface area contributed by atoms with E-state index in [0.29, 0.717) is 19.8 Å². The number of amides is 1. The summed E-state index contributed by atoms with van der Waals surface area (Å²) < 4.78 is 19.1. The molecule has 1 N–H and O–H groups in total. The molecule has 1 atom stereocenters. The average Bonchev–Trinajstić information content (AvgIpc) is 2.91. The fraction of sp³-hybridized carbons (Fsp3) is 0.267. The standard InChI is InChI=1S/C30H30FN3O2/c1-21-26(30(23-7-3-2-4-8-23)25-9-5-6-10-27(25)33-21)19-29(35)32-20-28(34-15-17-36-18-16-34)22-11-13-24(31)14-12-22/h2-14,28H,15-20H2,1H3,(H,32,35). The molecule has 5 rings (SSSR count). The highest BCUT2D eigenvalue weighted by molar-refractivity contribution is 5.98. The van der Waals surface area contributed by atoms with Crippen LogP contribution in [-0.4, -0.2) is 48.6 Å². The van der Waals surface area contributed by atoms with Gasteiger partial charge in [0.1, 0.15) is 5.82 Å². The zero-order valence-corrected chi connectivity index (χ0v) is 20.4. The predicted molar refractivity (Wildman–Crippen MR) is 140 cm³/mol. The van der Waals surface area contributed by atoms with Crippen LogP contribution in [-0.2, 0) is 16.0 Å². The lowest BCUT2D eigenvalue weighted by atomic mass is 9.92. The van der Waals surface area contributed by atoms with Gasteiger partial charge >= 0.3 is 0 Å². The number of benzene rings is 3. The molecule has 0 radical (unpaired) electrons. The molecule has 3 aromatic carbocycles. The molecule has 2 heterocycles. The maximum Gasteiger partial charge on any atom is 0.224 e. The Bertz CT molecular complexity index is 1340. The zero-order valence-electron chi connectivity index (χ0n) is 20.4. The number of rotatable bonds is 7. The first kappa shape index (κ1) is 24.1. The Morgan fingerprint density at radius 2 is 1.69 bits per heavy atom. The number of aryl methyl sites for hydroxylation is 1. The highest BCUT2D eigenvalue weighted by atomic mass is 19.1. The number of nitrogens with one attached hydrogen (secondary N) is 1. The fourth-order valence-electron chi connectivity index (χ4n) is 4.99. The van der Waals surface area contributed by atoms with Gasteiger partial charge in [-0.25, -0.2) is 4.39 Å². The van der Waals surface area contributed by atoms with Gasteiger partial charge in [0.15, 0.2) is 0 Å². The van der Waals surface area contributed by atoms with E-state index in [1.807, 2.05) is 43.3 Å². The molecule has 0 aliphatic carbocycles. The molecule has 184 valence electrons. The molecule has 1 aromatic heterocycles. The predicted octanol–water partition coefficient (Wildman–Crippen LogP) is 5.08. The summed E-state index contributed by atoms with van der Waals surface area (Å²) in [5.74, 6) is -0.330. The van der Waals surface area contributed by atoms with Crippen molar-refractivity contribution < 1.29 is 13.9 Å². The van der Waals surface area contributed by atoms with Crippen LogP contribution in [0.25, 0.3) is 22.0 Å². The number of fused-ring (bicyclic) bond motifs is 1. The van der Waals surface area contributed by atoms with Gasteiger partial charge in [-0.05, 0) is 47.4 Å². The summed E-state index contributed by atoms with van der Waals surface area (Å²) in [5.41, 5.74) is 5.80. The van der Waals surface area contributed by atoms with Gasteiger partial charge in [0.2, 0.25) is 5.91 Å². The quantitative estimate of drug-likeness (QED) is 0.398. The number of carbonyl (C=O) groups excluding carboxylic acids is 1. The molecule has 5 nitrogen and oxygen atoms in total. The first-order chi connectivity index (χ1) is 17.6. The molecular formula is C30H30FN3O2. The molecule has 0 saturated carbocycles. The van der Waals surface area contributed by atoms with Crippen LogP contribution in [0.3, 0.4) is 0 Å². The number of halogens is 1. The van der Waals surface area contributed by atoms with Gasteiger partial charge in [-0.3, -0.25) is 14.7 Å². The van der Waals surface area contributed by atoms with E-state index < -0.39 is 0 Å². The average molecular weight is 484 g/mol. The molecule has 36 heavy (non-hydrogen) atoms. The van der Waals surface area contributed by atoms with Crippen molar-refractivity contribution in [3.63, 3.8) is 0 Å². The summed E-state index contributed by atoms with van der Waals surface area (Å²) in [5, 5.41) is 4.19. The van der Waals surface area contributed by atoms with Crippen molar-refractivity contribution in [1.82, 2.24) is 15.2 Å². The van der Waals surface area contributed by atoms with Crippen LogP contribution in [0.4, 0.5) is 4.39 Å². The van der Waals surface area contributed by atoms with Crippen molar-refractivity contribution in [2.75, 3.05) is 32.8 Å². The monoisotopic (exact) mass is 483 g/mol. The van der Waals surface area contributed by atoms with Crippen molar-refractivity contribution >= 4 is 16.8 Å². The van der Waals surface area contributed by atoms with Crippen molar-refractivity contribution in [3.8, 4) is 11.1 Å². The summed E-state index contributed by atoms with van der Waals surface area (Å²) in [6.07, 6.45) is 0.229. The van der Waals surface area contributed by atoms with Gasteiger partial charge in [-0.15, -0.1) is 0 Å². The van der Waals surface area contributed by atoms with E-state index in [9.17, 15) is 9.18 Å². The van der Waals surface area contributed by atoms with Crippen LogP contribution in [0.1, 0.15) is 22.9 Å². The number of hydrogen-bond donors (Lipinski definition) is 1. The summed E-state index contributed by atoms with van der Waals surface area (Å²) in [6.45, 7) is 5.23. The minimum atomic E-state index is -0.267. The molecule has 1 saturated heterocycles. The van der Waals surface area contributed by atoms with Gasteiger partial charge < -0.3 is 10.1 Å². The lowest BCUT2D eigenvalue weighted by Crippen LogP contribution is -2.44. The third-order valence-electron chi connectivity index (χ3n) is 6.83. The number of pyridine rings is 1. The third-order valence-corrected chi connectivity index (χ3v) is 6.83. The minimum absolute atomic E-state index is 0.0529. The van der Waals surface area contributed by atoms with Crippen LogP contribution < -0.4 is 5.32 Å². The van der Waals surface area contributed by atoms with Crippen molar-refractivity contribution in [3.05, 3.63) is 102 Å². The maximum atomic E-state index is 13.6. The first-order valence-electron chi connectivity index (χ1n) is 12.4. The SMILES string of the molecule is Cc1nc2ccccc2c(-c2ccccc2)c1CC(=O)NCC(c1ccc(F)cc1)N1CCOCC1. The Kier molecular flexibility index (Phi) is 7.35. The second-order valence-electron chi connectivity index (χ2n) is 9.13. The number of aromatic nitrogens is 1. The maximum absolute atomic E-state index is 13.6. The van der Waals surface area contributed by atoms with Gasteiger partial charge in [-0.1, -0.05) is 60.7 Å². The third kappa shape index (κ3) is 5.30. The molecular weight excluding hydrogens is 453 g/mol. The number of carbonyl (C=O) groups is 1. The smallest absolute Gasteiger partial charge is 0.224 e. The highest BCUT2D eigenvalue weighted by Crippen LogP contribution is 2.33. The topological polar surface area (TPSA) is 54.5 Å². The molecule has 6 heteroatoms. The van der Waals surface area contributed by atoms with Crippen LogP contribution >= 0.6 is 0 Å². The Balaban J connectivity index is 1.41. The molecule has 0 bridgehead atoms. The Labute approximate surface area is 210 Å². The number of hydrogen-bond acceptors (Lipinski definition) is 4. The van der Waals surface area contributed by atoms with Crippen molar-refractivity contribution in [2.24, 2.45) is 0 Å². The largest absolute Gasteiger partial charge is 0.379 e. The van der Waals surface area contributed by atoms with E-state index in [1.165, 1.54) is 12.1 Å². The van der Waals surface area contributed by atoms with Crippen LogP contribution in [0, 0.1) is 12.7 Å². The van der Waals surface area contributed by atoms with E-state index in [0.717, 1.165) is 51.9 Å². The highest BCUT2D eigenvalue weighted by Gasteiger charge is 2.24. The Morgan fingerprint density at radius 1 is 1.00 bits per heavy atom.